The van der Waals surface area contributed by atoms with E-state index in [-0.39, 0.29) is 18.7 Å². The molecule has 0 spiro atoms. The van der Waals surface area contributed by atoms with Gasteiger partial charge in [0.2, 0.25) is 5.91 Å². The minimum absolute atomic E-state index is 0.191. The van der Waals surface area contributed by atoms with Crippen LogP contribution in [0, 0.1) is 13.8 Å². The number of halogens is 1. The van der Waals surface area contributed by atoms with Gasteiger partial charge in [-0.25, -0.2) is 9.37 Å². The van der Waals surface area contributed by atoms with Crippen molar-refractivity contribution in [3.05, 3.63) is 96.0 Å². The highest BCUT2D eigenvalue weighted by Crippen LogP contribution is 2.40. The summed E-state index contributed by atoms with van der Waals surface area (Å²) in [6.07, 6.45) is 8.14. The van der Waals surface area contributed by atoms with E-state index in [0.717, 1.165) is 52.3 Å². The summed E-state index contributed by atoms with van der Waals surface area (Å²) in [4.78, 5) is 32.4. The van der Waals surface area contributed by atoms with Crippen molar-refractivity contribution in [1.29, 1.82) is 0 Å². The first kappa shape index (κ1) is 32.1. The molecule has 2 unspecified atom stereocenters. The number of benzene rings is 2. The van der Waals surface area contributed by atoms with Gasteiger partial charge in [-0.3, -0.25) is 14.7 Å². The quantitative estimate of drug-likeness (QED) is 0.115. The highest BCUT2D eigenvalue weighted by atomic mass is 19.1. The van der Waals surface area contributed by atoms with E-state index in [1.807, 2.05) is 62.4 Å². The lowest BCUT2D eigenvalue weighted by Crippen LogP contribution is -2.47. The van der Waals surface area contributed by atoms with Gasteiger partial charge in [0.05, 0.1) is 11.8 Å². The summed E-state index contributed by atoms with van der Waals surface area (Å²) in [5.41, 5.74) is 5.92. The van der Waals surface area contributed by atoms with Crippen molar-refractivity contribution >= 4 is 23.3 Å². The van der Waals surface area contributed by atoms with Crippen LogP contribution in [-0.4, -0.2) is 63.0 Å². The van der Waals surface area contributed by atoms with Crippen LogP contribution < -0.4 is 15.5 Å². The number of H-pyrrole nitrogens is 1. The maximum absolute atomic E-state index is 14.5. The van der Waals surface area contributed by atoms with Crippen molar-refractivity contribution in [2.75, 3.05) is 23.3 Å². The maximum Gasteiger partial charge on any atom is 0.258 e. The lowest BCUT2D eigenvalue weighted by Gasteiger charge is -2.27. The number of nitrogens with one attached hydrogen (secondary N) is 3. The average Bonchev–Trinajstić information content (AvgIpc) is 3.75. The first-order valence-electron chi connectivity index (χ1n) is 16.3. The molecule has 2 aromatic heterocycles. The van der Waals surface area contributed by atoms with Gasteiger partial charge < -0.3 is 20.6 Å². The molecule has 3 heterocycles. The molecular weight excluding hydrogens is 595 g/mol. The van der Waals surface area contributed by atoms with Gasteiger partial charge in [-0.15, -0.1) is 0 Å². The molecular formula is C37H41FN6O3. The third-order valence-corrected chi connectivity index (χ3v) is 8.94. The summed E-state index contributed by atoms with van der Waals surface area (Å²) >= 11 is 0. The van der Waals surface area contributed by atoms with Gasteiger partial charge in [-0.2, -0.15) is 5.10 Å². The van der Waals surface area contributed by atoms with Crippen LogP contribution in [-0.2, 0) is 16.0 Å². The van der Waals surface area contributed by atoms with Gasteiger partial charge in [-0.05, 0) is 92.5 Å². The van der Waals surface area contributed by atoms with Gasteiger partial charge in [0.25, 0.3) is 5.91 Å². The van der Waals surface area contributed by atoms with E-state index in [2.05, 4.69) is 55.0 Å². The Morgan fingerprint density at radius 2 is 1.79 bits per heavy atom. The number of aromatic amines is 1. The zero-order valence-electron chi connectivity index (χ0n) is 26.8. The van der Waals surface area contributed by atoms with Crippen molar-refractivity contribution in [3.63, 3.8) is 0 Å². The highest BCUT2D eigenvalue weighted by Gasteiger charge is 2.51. The molecule has 4 N–H and O–H groups in total. The molecule has 244 valence electrons. The Labute approximate surface area is 274 Å². The van der Waals surface area contributed by atoms with E-state index in [0.29, 0.717) is 31.6 Å². The first-order chi connectivity index (χ1) is 22.7. The minimum atomic E-state index is -1.86. The minimum Gasteiger partial charge on any atom is -0.387 e. The number of unbranched alkanes of at least 4 members (excludes halogenated alkanes) is 1. The van der Waals surface area contributed by atoms with Crippen LogP contribution in [0.2, 0.25) is 0 Å². The number of hydrogen-bond acceptors (Lipinski definition) is 6. The molecule has 0 radical (unpaired) electrons. The number of anilines is 2. The Bertz CT molecular complexity index is 1730. The van der Waals surface area contributed by atoms with E-state index >= 15 is 0 Å². The fourth-order valence-corrected chi connectivity index (χ4v) is 6.02. The second-order valence-electron chi connectivity index (χ2n) is 12.6. The fraction of sp³-hybridized carbons (Fsp3) is 0.351. The normalized spacial score (nSPS) is 17.3. The molecule has 1 fully saturated rings. The number of β-amino-alcohol motifs (C(OH)–C–C–N with tert-alkyl or cyclic N) is 1. The SMILES string of the molecule is Cc1n[nH]c(C)c1-c1ccc(NC(=O)C(CCCCc2ccc(-c3ccnc(N4CC=CC(O)C4)c3)cc2)NC(=O)C2(F)CC2)cc1. The van der Waals surface area contributed by atoms with Gasteiger partial charge in [0, 0.05) is 36.2 Å². The van der Waals surface area contributed by atoms with Crippen LogP contribution in [0.15, 0.2) is 79.0 Å². The van der Waals surface area contributed by atoms with Crippen LogP contribution in [0.5, 0.6) is 0 Å². The average molecular weight is 637 g/mol. The fourth-order valence-electron chi connectivity index (χ4n) is 6.02. The molecule has 1 saturated carbocycles. The standard InChI is InChI=1S/C37H41FN6O3/c1-24-34(25(2)43-42-24)28-13-15-30(16-14-28)40-35(46)32(41-36(47)37(38)18-19-37)8-4-3-6-26-9-11-27(12-10-26)29-17-20-39-33(22-29)44-21-5-7-31(45)23-44/h5,7,9-17,20,22,31-32,45H,3-4,6,8,18-19,21,23H2,1-2H3,(H,40,46)(H,41,47)(H,42,43). The van der Waals surface area contributed by atoms with E-state index in [4.69, 9.17) is 0 Å². The molecule has 2 aromatic carbocycles. The van der Waals surface area contributed by atoms with Crippen LogP contribution in [0.3, 0.4) is 0 Å². The second-order valence-corrected chi connectivity index (χ2v) is 12.6. The number of rotatable bonds is 12. The molecule has 0 bridgehead atoms. The second kappa shape index (κ2) is 13.9. The van der Waals surface area contributed by atoms with Crippen molar-refractivity contribution in [3.8, 4) is 22.3 Å². The van der Waals surface area contributed by atoms with Crippen LogP contribution in [0.1, 0.15) is 49.1 Å². The number of aromatic nitrogens is 3. The maximum atomic E-state index is 14.5. The predicted octanol–water partition coefficient (Wildman–Crippen LogP) is 5.83. The number of pyridine rings is 1. The lowest BCUT2D eigenvalue weighted by molar-refractivity contribution is -0.131. The number of aliphatic hydroxyl groups excluding tert-OH is 1. The van der Waals surface area contributed by atoms with Gasteiger partial charge >= 0.3 is 0 Å². The van der Waals surface area contributed by atoms with Crippen LogP contribution in [0.25, 0.3) is 22.3 Å². The van der Waals surface area contributed by atoms with E-state index < -0.39 is 23.7 Å². The molecule has 6 rings (SSSR count). The zero-order chi connectivity index (χ0) is 33.0. The monoisotopic (exact) mass is 636 g/mol. The van der Waals surface area contributed by atoms with Crippen LogP contribution >= 0.6 is 0 Å². The Morgan fingerprint density at radius 3 is 2.47 bits per heavy atom. The molecule has 2 aliphatic rings. The molecule has 47 heavy (non-hydrogen) atoms. The van der Waals surface area contributed by atoms with Crippen molar-refractivity contribution < 1.29 is 19.1 Å². The Hall–Kier alpha value is -4.83. The molecule has 1 aliphatic carbocycles. The van der Waals surface area contributed by atoms with Crippen molar-refractivity contribution in [2.24, 2.45) is 0 Å². The topological polar surface area (TPSA) is 123 Å². The first-order valence-corrected chi connectivity index (χ1v) is 16.3. The number of carbonyl (C=O) groups excluding carboxylic acids is 2. The number of aryl methyl sites for hydroxylation is 3. The Morgan fingerprint density at radius 1 is 1.04 bits per heavy atom. The summed E-state index contributed by atoms with van der Waals surface area (Å²) in [5, 5.41) is 22.8. The lowest BCUT2D eigenvalue weighted by atomic mass is 10.0. The Balaban J connectivity index is 1.04. The summed E-state index contributed by atoms with van der Waals surface area (Å²) in [6.45, 7) is 5.14. The molecule has 9 nitrogen and oxygen atoms in total. The third kappa shape index (κ3) is 7.77. The molecule has 0 saturated heterocycles. The molecule has 4 aromatic rings. The molecule has 1 aliphatic heterocycles. The number of nitrogens with zero attached hydrogens (tertiary/aromatic N) is 3. The largest absolute Gasteiger partial charge is 0.387 e. The molecule has 2 amide bonds. The van der Waals surface area contributed by atoms with Crippen molar-refractivity contribution in [2.45, 2.75) is 70.2 Å². The van der Waals surface area contributed by atoms with Crippen molar-refractivity contribution in [1.82, 2.24) is 20.5 Å². The summed E-state index contributed by atoms with van der Waals surface area (Å²) in [5.74, 6) is -0.235. The highest BCUT2D eigenvalue weighted by molar-refractivity contribution is 5.99. The van der Waals surface area contributed by atoms with Gasteiger partial charge in [-0.1, -0.05) is 55.0 Å². The molecule has 2 atom stereocenters. The van der Waals surface area contributed by atoms with Crippen LogP contribution in [0.4, 0.5) is 15.9 Å². The van der Waals surface area contributed by atoms with E-state index in [9.17, 15) is 19.1 Å². The summed E-state index contributed by atoms with van der Waals surface area (Å²) < 4.78 is 14.5. The van der Waals surface area contributed by atoms with Gasteiger partial charge in [0.15, 0.2) is 5.67 Å². The number of hydrogen-bond donors (Lipinski definition) is 4. The Kier molecular flexibility index (Phi) is 9.49. The predicted molar refractivity (Wildman–Crippen MR) is 182 cm³/mol. The number of amides is 2. The number of carbonyl (C=O) groups is 2. The van der Waals surface area contributed by atoms with E-state index in [1.54, 1.807) is 6.20 Å². The zero-order valence-corrected chi connectivity index (χ0v) is 26.8. The van der Waals surface area contributed by atoms with E-state index in [1.165, 1.54) is 5.56 Å². The smallest absolute Gasteiger partial charge is 0.258 e. The summed E-state index contributed by atoms with van der Waals surface area (Å²) in [6, 6.07) is 19.1. The number of aliphatic hydroxyl groups is 1. The summed E-state index contributed by atoms with van der Waals surface area (Å²) in [7, 11) is 0. The van der Waals surface area contributed by atoms with Gasteiger partial charge in [0.1, 0.15) is 11.9 Å². The third-order valence-electron chi connectivity index (χ3n) is 8.94. The molecule has 10 heteroatoms. The number of alkyl halides is 1.